The number of carboxylic acid groups (broad SMARTS) is 1. The van der Waals surface area contributed by atoms with Crippen molar-refractivity contribution in [3.63, 3.8) is 0 Å². The van der Waals surface area contributed by atoms with Crippen molar-refractivity contribution in [1.29, 1.82) is 0 Å². The summed E-state index contributed by atoms with van der Waals surface area (Å²) in [5.41, 5.74) is 5.12. The fourth-order valence-electron chi connectivity index (χ4n) is 5.81. The molecule has 13 heteroatoms. The number of rotatable bonds is 14. The van der Waals surface area contributed by atoms with Gasteiger partial charge in [0.05, 0.1) is 16.8 Å². The fourth-order valence-corrected chi connectivity index (χ4v) is 6.16. The van der Waals surface area contributed by atoms with Crippen LogP contribution in [0, 0.1) is 18.6 Å². The number of hydrogen-bond donors (Lipinski definition) is 2. The Labute approximate surface area is 343 Å². The number of carbonyl (C=O) groups excluding carboxylic acids is 3. The van der Waals surface area contributed by atoms with Gasteiger partial charge in [-0.25, -0.2) is 13.6 Å². The molecule has 58 heavy (non-hydrogen) atoms. The highest BCUT2D eigenvalue weighted by Crippen LogP contribution is 2.37. The van der Waals surface area contributed by atoms with E-state index < -0.39 is 5.97 Å². The quantitative estimate of drug-likeness (QED) is 0.105. The van der Waals surface area contributed by atoms with Gasteiger partial charge in [-0.05, 0) is 116 Å². The second-order valence-corrected chi connectivity index (χ2v) is 14.1. The normalized spacial score (nSPS) is 10.6. The summed E-state index contributed by atoms with van der Waals surface area (Å²) >= 11 is 12.3. The predicted molar refractivity (Wildman–Crippen MR) is 219 cm³/mol. The Hall–Kier alpha value is -6.30. The molecular weight excluding hydrogens is 789 g/mol. The van der Waals surface area contributed by atoms with Crippen LogP contribution in [0.1, 0.15) is 64.2 Å². The van der Waals surface area contributed by atoms with Gasteiger partial charge < -0.3 is 29.3 Å². The third kappa shape index (κ3) is 11.9. The number of benzene rings is 5. The maximum atomic E-state index is 13.2. The molecule has 6 rings (SSSR count). The third-order valence-electron chi connectivity index (χ3n) is 8.60. The van der Waals surface area contributed by atoms with E-state index in [2.05, 4.69) is 5.32 Å². The molecule has 0 unspecified atom stereocenters. The van der Waals surface area contributed by atoms with E-state index >= 15 is 0 Å². The van der Waals surface area contributed by atoms with E-state index in [1.54, 1.807) is 60.7 Å². The van der Waals surface area contributed by atoms with Gasteiger partial charge in [0.25, 0.3) is 0 Å². The summed E-state index contributed by atoms with van der Waals surface area (Å²) in [4.78, 5) is 46.6. The summed E-state index contributed by atoms with van der Waals surface area (Å²) in [6.45, 7) is 5.11. The van der Waals surface area contributed by atoms with Gasteiger partial charge in [0.2, 0.25) is 5.91 Å². The molecule has 0 aliphatic carbocycles. The minimum Gasteiger partial charge on any atom is -0.488 e. The highest BCUT2D eigenvalue weighted by molar-refractivity contribution is 6.31. The molecule has 5 aromatic carbocycles. The summed E-state index contributed by atoms with van der Waals surface area (Å²) in [6, 6.07) is 30.4. The first kappa shape index (κ1) is 42.8. The number of halogens is 4. The second-order valence-electron chi connectivity index (χ2n) is 13.2. The molecule has 6 aromatic rings. The van der Waals surface area contributed by atoms with Crippen molar-refractivity contribution in [3.05, 3.63) is 165 Å². The van der Waals surface area contributed by atoms with Crippen LogP contribution in [0.5, 0.6) is 11.5 Å². The van der Waals surface area contributed by atoms with Crippen LogP contribution in [0.25, 0.3) is 16.9 Å². The molecule has 0 fully saturated rings. The Kier molecular flexibility index (Phi) is 14.6. The Morgan fingerprint density at radius 3 is 1.83 bits per heavy atom. The van der Waals surface area contributed by atoms with Crippen molar-refractivity contribution in [2.24, 2.45) is 0 Å². The lowest BCUT2D eigenvalue weighted by Gasteiger charge is -2.17. The largest absolute Gasteiger partial charge is 0.488 e. The highest BCUT2D eigenvalue weighted by atomic mass is 35.5. The molecule has 1 amide bonds. The van der Waals surface area contributed by atoms with Gasteiger partial charge >= 0.3 is 5.97 Å². The summed E-state index contributed by atoms with van der Waals surface area (Å²) in [5, 5.41) is 13.2. The van der Waals surface area contributed by atoms with Gasteiger partial charge in [-0.2, -0.15) is 0 Å². The van der Waals surface area contributed by atoms with Crippen LogP contribution in [-0.2, 0) is 22.8 Å². The smallest absolute Gasteiger partial charge is 0.335 e. The number of aryl methyl sites for hydroxylation is 1. The second kappa shape index (κ2) is 19.7. The number of Topliss-reactive ketones (excluding diaryl/α,β-unsaturated/α-hetero) is 2. The van der Waals surface area contributed by atoms with Crippen molar-refractivity contribution in [2.75, 3.05) is 5.32 Å². The Balaban J connectivity index is 0.000000242. The number of ether oxygens (including phenoxy) is 2. The van der Waals surface area contributed by atoms with Crippen molar-refractivity contribution >= 4 is 52.3 Å². The Morgan fingerprint density at radius 1 is 0.690 bits per heavy atom. The molecule has 298 valence electrons. The van der Waals surface area contributed by atoms with Crippen LogP contribution in [0.3, 0.4) is 0 Å². The van der Waals surface area contributed by atoms with Crippen molar-refractivity contribution in [2.45, 2.75) is 46.8 Å². The highest BCUT2D eigenvalue weighted by Gasteiger charge is 2.18. The standard InChI is InChI=1S/C27H22ClFN2O4.C18H16ClFO3/c1-16-3-9-25(31(16)23-12-19(27(33)34)11-22(14-23)30-17(2)32)24-13-20(28)6-10-26(24)35-15-18-4-7-21(29)8-5-18;1-12(21)2-8-17(22)16-10-14(19)5-9-18(16)23-11-13-3-6-15(20)7-4-13/h3-14H,15H2,1-2H3,(H,30,32)(H,33,34);3-7,9-10H,2,8,11H2,1H3. The van der Waals surface area contributed by atoms with E-state index in [9.17, 15) is 33.1 Å². The van der Waals surface area contributed by atoms with Crippen LogP contribution in [0.15, 0.2) is 115 Å². The number of ketones is 2. The summed E-state index contributed by atoms with van der Waals surface area (Å²) in [5.74, 6) is -1.37. The average Bonchev–Trinajstić information content (AvgIpc) is 3.57. The van der Waals surface area contributed by atoms with Gasteiger partial charge in [-0.15, -0.1) is 0 Å². The van der Waals surface area contributed by atoms with Crippen LogP contribution >= 0.6 is 23.2 Å². The number of nitrogens with zero attached hydrogens (tertiary/aromatic N) is 1. The molecule has 1 heterocycles. The number of aromatic nitrogens is 1. The molecule has 0 aliphatic heterocycles. The van der Waals surface area contributed by atoms with E-state index in [0.717, 1.165) is 22.5 Å². The molecule has 0 saturated heterocycles. The predicted octanol–water partition coefficient (Wildman–Crippen LogP) is 11.1. The van der Waals surface area contributed by atoms with Crippen LogP contribution in [0.2, 0.25) is 10.0 Å². The maximum absolute atomic E-state index is 13.2. The molecule has 0 radical (unpaired) electrons. The molecule has 1 aromatic heterocycles. The summed E-state index contributed by atoms with van der Waals surface area (Å²) in [7, 11) is 0. The first-order valence-corrected chi connectivity index (χ1v) is 18.6. The van der Waals surface area contributed by atoms with E-state index in [0.29, 0.717) is 44.0 Å². The number of anilines is 1. The zero-order valence-corrected chi connectivity index (χ0v) is 33.2. The van der Waals surface area contributed by atoms with Gasteiger partial charge in [-0.1, -0.05) is 47.5 Å². The molecule has 2 N–H and O–H groups in total. The molecular formula is C45H38Cl2F2N2O7. The number of nitrogens with one attached hydrogen (secondary N) is 1. The number of amides is 1. The van der Waals surface area contributed by atoms with E-state index in [-0.39, 0.29) is 60.7 Å². The van der Waals surface area contributed by atoms with Crippen LogP contribution in [-0.4, -0.2) is 33.1 Å². The van der Waals surface area contributed by atoms with Gasteiger partial charge in [0, 0.05) is 52.4 Å². The first-order valence-electron chi connectivity index (χ1n) is 17.9. The molecule has 0 atom stereocenters. The maximum Gasteiger partial charge on any atom is 0.335 e. The number of hydrogen-bond acceptors (Lipinski definition) is 6. The van der Waals surface area contributed by atoms with E-state index in [1.165, 1.54) is 56.3 Å². The molecule has 0 saturated carbocycles. The summed E-state index contributed by atoms with van der Waals surface area (Å²) < 4.78 is 39.7. The zero-order valence-electron chi connectivity index (χ0n) is 31.7. The van der Waals surface area contributed by atoms with Gasteiger partial charge in [0.15, 0.2) is 5.78 Å². The SMILES string of the molecule is CC(=O)CCC(=O)c1cc(Cl)ccc1OCc1ccc(F)cc1.CC(=O)Nc1cc(C(=O)O)cc(-n2c(C)ccc2-c2cc(Cl)ccc2OCc2ccc(F)cc2)c1. The lowest BCUT2D eigenvalue weighted by Crippen LogP contribution is -2.09. The Morgan fingerprint density at radius 2 is 1.26 bits per heavy atom. The fraction of sp³-hybridized carbons (Fsp3) is 0.156. The topological polar surface area (TPSA) is 124 Å². The van der Waals surface area contributed by atoms with Crippen molar-refractivity contribution in [1.82, 2.24) is 4.57 Å². The van der Waals surface area contributed by atoms with Crippen LogP contribution in [0.4, 0.5) is 14.5 Å². The van der Waals surface area contributed by atoms with Crippen LogP contribution < -0.4 is 14.8 Å². The monoisotopic (exact) mass is 826 g/mol. The minimum atomic E-state index is -1.11. The van der Waals surface area contributed by atoms with Gasteiger partial charge in [0.1, 0.15) is 42.1 Å². The number of carboxylic acids is 1. The molecule has 9 nitrogen and oxygen atoms in total. The Bertz CT molecular complexity index is 2450. The molecule has 0 aliphatic rings. The molecule has 0 bridgehead atoms. The minimum absolute atomic E-state index is 0.0316. The number of carbonyl (C=O) groups is 4. The first-order chi connectivity index (χ1) is 27.7. The third-order valence-corrected chi connectivity index (χ3v) is 9.07. The average molecular weight is 828 g/mol. The number of aromatic carboxylic acids is 1. The van der Waals surface area contributed by atoms with E-state index in [4.69, 9.17) is 32.7 Å². The lowest BCUT2D eigenvalue weighted by molar-refractivity contribution is -0.117. The van der Waals surface area contributed by atoms with Crippen molar-refractivity contribution < 1.29 is 42.5 Å². The van der Waals surface area contributed by atoms with Crippen molar-refractivity contribution in [3.8, 4) is 28.4 Å². The van der Waals surface area contributed by atoms with Gasteiger partial charge in [-0.3, -0.25) is 9.59 Å². The van der Waals surface area contributed by atoms with E-state index in [1.807, 2.05) is 23.6 Å². The zero-order chi connectivity index (χ0) is 41.9. The molecule has 0 spiro atoms. The lowest BCUT2D eigenvalue weighted by atomic mass is 10.0. The summed E-state index contributed by atoms with van der Waals surface area (Å²) in [6.07, 6.45) is 0.297.